The van der Waals surface area contributed by atoms with Gasteiger partial charge in [0.15, 0.2) is 0 Å². The molecule has 2 rings (SSSR count). The second-order valence-corrected chi connectivity index (χ2v) is 5.48. The van der Waals surface area contributed by atoms with Crippen molar-refractivity contribution in [3.8, 4) is 0 Å². The molecule has 1 aromatic heterocycles. The van der Waals surface area contributed by atoms with E-state index in [-0.39, 0.29) is 5.91 Å². The summed E-state index contributed by atoms with van der Waals surface area (Å²) in [5.74, 6) is 0.772. The average molecular weight is 286 g/mol. The lowest BCUT2D eigenvalue weighted by Gasteiger charge is -2.06. The molecule has 0 bridgehead atoms. The predicted octanol–water partition coefficient (Wildman–Crippen LogP) is 3.76. The van der Waals surface area contributed by atoms with Gasteiger partial charge in [-0.15, -0.1) is 11.8 Å². The largest absolute Gasteiger partial charge is 0.326 e. The van der Waals surface area contributed by atoms with Crippen molar-refractivity contribution in [2.75, 3.05) is 11.1 Å². The number of pyridine rings is 1. The van der Waals surface area contributed by atoms with E-state index in [2.05, 4.69) is 17.2 Å². The highest BCUT2D eigenvalue weighted by atomic mass is 32.2. The smallest absolute Gasteiger partial charge is 0.225 e. The Balaban J connectivity index is 1.74. The fourth-order valence-electron chi connectivity index (χ4n) is 1.73. The van der Waals surface area contributed by atoms with Crippen molar-refractivity contribution in [1.29, 1.82) is 0 Å². The second kappa shape index (κ2) is 7.70. The van der Waals surface area contributed by atoms with E-state index in [0.717, 1.165) is 22.9 Å². The van der Waals surface area contributed by atoms with Crippen LogP contribution < -0.4 is 5.32 Å². The summed E-state index contributed by atoms with van der Waals surface area (Å²) in [7, 11) is 0. The summed E-state index contributed by atoms with van der Waals surface area (Å²) < 4.78 is 0. The molecule has 0 radical (unpaired) electrons. The Morgan fingerprint density at radius 3 is 2.65 bits per heavy atom. The Bertz CT molecular complexity index is 540. The van der Waals surface area contributed by atoms with Crippen LogP contribution in [-0.4, -0.2) is 16.6 Å². The molecule has 0 aliphatic rings. The summed E-state index contributed by atoms with van der Waals surface area (Å²) >= 11 is 1.59. The number of carbonyl (C=O) groups is 1. The van der Waals surface area contributed by atoms with Crippen LogP contribution in [0, 0.1) is 0 Å². The molecule has 1 aromatic carbocycles. The highest BCUT2D eigenvalue weighted by Crippen LogP contribution is 2.16. The van der Waals surface area contributed by atoms with E-state index in [4.69, 9.17) is 0 Å². The molecule has 4 heteroatoms. The van der Waals surface area contributed by atoms with Gasteiger partial charge in [-0.2, -0.15) is 0 Å². The number of hydrogen-bond donors (Lipinski definition) is 1. The molecule has 0 spiro atoms. The zero-order valence-electron chi connectivity index (χ0n) is 11.5. The topological polar surface area (TPSA) is 42.0 Å². The van der Waals surface area contributed by atoms with Crippen molar-refractivity contribution in [3.05, 3.63) is 54.2 Å². The minimum atomic E-state index is 0.0395. The lowest BCUT2D eigenvalue weighted by molar-refractivity contribution is -0.115. The standard InChI is InChI=1S/C16H18N2OS/c1-2-13-6-8-14(9-7-13)18-15(19)10-12-20-16-5-3-4-11-17-16/h3-9,11H,2,10,12H2,1H3,(H,18,19). The van der Waals surface area contributed by atoms with Gasteiger partial charge in [-0.05, 0) is 36.2 Å². The number of nitrogens with zero attached hydrogens (tertiary/aromatic N) is 1. The number of rotatable bonds is 6. The Labute approximate surface area is 123 Å². The van der Waals surface area contributed by atoms with Crippen LogP contribution in [0.15, 0.2) is 53.7 Å². The van der Waals surface area contributed by atoms with Crippen molar-refractivity contribution < 1.29 is 4.79 Å². The Hall–Kier alpha value is -1.81. The number of aryl methyl sites for hydroxylation is 1. The first-order valence-corrected chi connectivity index (χ1v) is 7.69. The van der Waals surface area contributed by atoms with Crippen molar-refractivity contribution >= 4 is 23.4 Å². The van der Waals surface area contributed by atoms with Crippen LogP contribution in [-0.2, 0) is 11.2 Å². The van der Waals surface area contributed by atoms with Crippen LogP contribution in [0.3, 0.4) is 0 Å². The van der Waals surface area contributed by atoms with E-state index in [1.165, 1.54) is 5.56 Å². The van der Waals surface area contributed by atoms with Gasteiger partial charge in [0.25, 0.3) is 0 Å². The monoisotopic (exact) mass is 286 g/mol. The third-order valence-corrected chi connectivity index (χ3v) is 3.81. The van der Waals surface area contributed by atoms with Crippen LogP contribution in [0.2, 0.25) is 0 Å². The van der Waals surface area contributed by atoms with Gasteiger partial charge >= 0.3 is 0 Å². The molecule has 1 amide bonds. The third kappa shape index (κ3) is 4.70. The van der Waals surface area contributed by atoms with E-state index < -0.39 is 0 Å². The molecular weight excluding hydrogens is 268 g/mol. The Morgan fingerprint density at radius 2 is 2.00 bits per heavy atom. The highest BCUT2D eigenvalue weighted by molar-refractivity contribution is 7.99. The molecule has 1 N–H and O–H groups in total. The first-order valence-electron chi connectivity index (χ1n) is 6.70. The summed E-state index contributed by atoms with van der Waals surface area (Å²) in [6.07, 6.45) is 3.25. The maximum absolute atomic E-state index is 11.8. The number of benzene rings is 1. The number of hydrogen-bond acceptors (Lipinski definition) is 3. The maximum Gasteiger partial charge on any atom is 0.225 e. The van der Waals surface area contributed by atoms with Crippen molar-refractivity contribution in [3.63, 3.8) is 0 Å². The van der Waals surface area contributed by atoms with Gasteiger partial charge in [-0.1, -0.05) is 25.1 Å². The van der Waals surface area contributed by atoms with Gasteiger partial charge in [0.05, 0.1) is 5.03 Å². The fourth-order valence-corrected chi connectivity index (χ4v) is 2.53. The van der Waals surface area contributed by atoms with E-state index in [0.29, 0.717) is 6.42 Å². The molecule has 0 aliphatic heterocycles. The van der Waals surface area contributed by atoms with Crippen molar-refractivity contribution in [2.24, 2.45) is 0 Å². The molecule has 3 nitrogen and oxygen atoms in total. The SMILES string of the molecule is CCc1ccc(NC(=O)CCSc2ccccn2)cc1. The lowest BCUT2D eigenvalue weighted by Crippen LogP contribution is -2.12. The van der Waals surface area contributed by atoms with Crippen molar-refractivity contribution in [2.45, 2.75) is 24.8 Å². The first-order chi connectivity index (χ1) is 9.78. The van der Waals surface area contributed by atoms with Crippen LogP contribution in [0.4, 0.5) is 5.69 Å². The molecule has 2 aromatic rings. The minimum absolute atomic E-state index is 0.0395. The number of thioether (sulfide) groups is 1. The summed E-state index contributed by atoms with van der Waals surface area (Å²) in [6.45, 7) is 2.11. The number of anilines is 1. The van der Waals surface area contributed by atoms with Crippen LogP contribution in [0.25, 0.3) is 0 Å². The number of aromatic nitrogens is 1. The van der Waals surface area contributed by atoms with Gasteiger partial charge in [0, 0.05) is 24.1 Å². The highest BCUT2D eigenvalue weighted by Gasteiger charge is 2.03. The van der Waals surface area contributed by atoms with E-state index in [1.807, 2.05) is 42.5 Å². The molecule has 0 fully saturated rings. The molecule has 20 heavy (non-hydrogen) atoms. The van der Waals surface area contributed by atoms with E-state index in [1.54, 1.807) is 18.0 Å². The molecule has 0 unspecified atom stereocenters. The average Bonchev–Trinajstić information content (AvgIpc) is 2.49. The van der Waals surface area contributed by atoms with Gasteiger partial charge in [-0.25, -0.2) is 4.98 Å². The number of carbonyl (C=O) groups excluding carboxylic acids is 1. The molecule has 0 saturated carbocycles. The third-order valence-electron chi connectivity index (χ3n) is 2.86. The minimum Gasteiger partial charge on any atom is -0.326 e. The lowest BCUT2D eigenvalue weighted by atomic mass is 10.1. The summed E-state index contributed by atoms with van der Waals surface area (Å²) in [5.41, 5.74) is 2.13. The molecule has 0 atom stereocenters. The maximum atomic E-state index is 11.8. The summed E-state index contributed by atoms with van der Waals surface area (Å²) in [5, 5.41) is 3.86. The zero-order chi connectivity index (χ0) is 14.2. The molecule has 0 saturated heterocycles. The van der Waals surface area contributed by atoms with E-state index >= 15 is 0 Å². The van der Waals surface area contributed by atoms with Gasteiger partial charge in [-0.3, -0.25) is 4.79 Å². The summed E-state index contributed by atoms with van der Waals surface area (Å²) in [4.78, 5) is 16.0. The number of nitrogens with one attached hydrogen (secondary N) is 1. The van der Waals surface area contributed by atoms with Crippen LogP contribution in [0.5, 0.6) is 0 Å². The van der Waals surface area contributed by atoms with Gasteiger partial charge < -0.3 is 5.32 Å². The van der Waals surface area contributed by atoms with E-state index in [9.17, 15) is 4.79 Å². The zero-order valence-corrected chi connectivity index (χ0v) is 12.3. The van der Waals surface area contributed by atoms with Crippen molar-refractivity contribution in [1.82, 2.24) is 4.98 Å². The van der Waals surface area contributed by atoms with Gasteiger partial charge in [0.2, 0.25) is 5.91 Å². The Kier molecular flexibility index (Phi) is 5.62. The predicted molar refractivity (Wildman–Crippen MR) is 84.0 cm³/mol. The van der Waals surface area contributed by atoms with Gasteiger partial charge in [0.1, 0.15) is 0 Å². The molecular formula is C16H18N2OS. The molecule has 104 valence electrons. The normalized spacial score (nSPS) is 10.2. The van der Waals surface area contributed by atoms with Crippen LogP contribution >= 0.6 is 11.8 Å². The Morgan fingerprint density at radius 1 is 1.20 bits per heavy atom. The second-order valence-electron chi connectivity index (χ2n) is 4.37. The quantitative estimate of drug-likeness (QED) is 0.822. The fraction of sp³-hybridized carbons (Fsp3) is 0.250. The first kappa shape index (κ1) is 14.6. The molecule has 0 aliphatic carbocycles. The van der Waals surface area contributed by atoms with Crippen LogP contribution in [0.1, 0.15) is 18.9 Å². The number of amides is 1. The summed E-state index contributed by atoms with van der Waals surface area (Å²) in [6, 6.07) is 13.8. The molecule has 1 heterocycles.